The molecule has 0 fully saturated rings. The Morgan fingerprint density at radius 3 is 2.67 bits per heavy atom. The molecule has 1 aliphatic heterocycles. The molecule has 4 rings (SSSR count). The number of nitrogens with zero attached hydrogens (tertiary/aromatic N) is 3. The molecule has 0 bridgehead atoms. The summed E-state index contributed by atoms with van der Waals surface area (Å²) >= 11 is 12.1. The molecule has 1 aliphatic rings. The van der Waals surface area contributed by atoms with Gasteiger partial charge in [0.25, 0.3) is 11.5 Å². The Bertz CT molecular complexity index is 1210. The average molecular weight is 487 g/mol. The number of hydrogen-bond acceptors (Lipinski definition) is 5. The summed E-state index contributed by atoms with van der Waals surface area (Å²) in [6.45, 7) is 1.96. The molecule has 0 aliphatic carbocycles. The maximum absolute atomic E-state index is 13.3. The number of halogens is 2. The van der Waals surface area contributed by atoms with Crippen LogP contribution in [0.25, 0.3) is 0 Å². The topological polar surface area (TPSA) is 76.5 Å². The zero-order valence-corrected chi connectivity index (χ0v) is 19.7. The molecule has 2 aromatic carbocycles. The van der Waals surface area contributed by atoms with Gasteiger partial charge in [-0.3, -0.25) is 14.2 Å². The van der Waals surface area contributed by atoms with Crippen molar-refractivity contribution in [1.29, 1.82) is 0 Å². The maximum atomic E-state index is 13.3. The summed E-state index contributed by atoms with van der Waals surface area (Å²) in [5.74, 6) is 0.284. The number of hydrogen-bond donors (Lipinski definition) is 1. The third kappa shape index (κ3) is 5.21. The second-order valence-corrected chi connectivity index (χ2v) is 8.57. The van der Waals surface area contributed by atoms with Crippen molar-refractivity contribution in [1.82, 2.24) is 14.5 Å². The molecule has 1 amide bonds. The molecule has 33 heavy (non-hydrogen) atoms. The number of nitrogens with one attached hydrogen (secondary N) is 1. The van der Waals surface area contributed by atoms with Crippen molar-refractivity contribution in [2.45, 2.75) is 26.1 Å². The molecule has 0 saturated carbocycles. The number of fused-ring (bicyclic) bond motifs is 1. The lowest BCUT2D eigenvalue weighted by atomic mass is 10.0. The van der Waals surface area contributed by atoms with E-state index in [0.717, 1.165) is 5.56 Å². The summed E-state index contributed by atoms with van der Waals surface area (Å²) in [6.07, 6.45) is 0.431. The highest BCUT2D eigenvalue weighted by Crippen LogP contribution is 2.25. The predicted octanol–water partition coefficient (Wildman–Crippen LogP) is 4.01. The number of benzene rings is 2. The normalized spacial score (nSPS) is 13.0. The Hall–Kier alpha value is -2.87. The van der Waals surface area contributed by atoms with Crippen molar-refractivity contribution in [3.05, 3.63) is 91.3 Å². The first-order valence-corrected chi connectivity index (χ1v) is 11.4. The van der Waals surface area contributed by atoms with E-state index < -0.39 is 0 Å². The number of carbonyl (C=O) groups excluding carboxylic acids is 1. The molecule has 1 N–H and O–H groups in total. The van der Waals surface area contributed by atoms with Gasteiger partial charge in [0, 0.05) is 31.3 Å². The van der Waals surface area contributed by atoms with Crippen molar-refractivity contribution in [2.75, 3.05) is 25.6 Å². The monoisotopic (exact) mass is 486 g/mol. The van der Waals surface area contributed by atoms with Crippen LogP contribution in [-0.4, -0.2) is 40.6 Å². The van der Waals surface area contributed by atoms with Gasteiger partial charge in [-0.2, -0.15) is 0 Å². The molecular formula is C24H24Cl2N4O3. The lowest BCUT2D eigenvalue weighted by Crippen LogP contribution is -2.41. The van der Waals surface area contributed by atoms with Crippen molar-refractivity contribution < 1.29 is 9.53 Å². The fourth-order valence-corrected chi connectivity index (χ4v) is 4.11. The Morgan fingerprint density at radius 1 is 1.15 bits per heavy atom. The van der Waals surface area contributed by atoms with Crippen LogP contribution in [0.2, 0.25) is 10.0 Å². The van der Waals surface area contributed by atoms with Crippen LogP contribution >= 0.6 is 23.2 Å². The molecule has 0 saturated heterocycles. The van der Waals surface area contributed by atoms with E-state index >= 15 is 0 Å². The highest BCUT2D eigenvalue weighted by atomic mass is 35.5. The fourth-order valence-electron chi connectivity index (χ4n) is 3.81. The first kappa shape index (κ1) is 23.3. The van der Waals surface area contributed by atoms with E-state index in [9.17, 15) is 9.59 Å². The van der Waals surface area contributed by atoms with Gasteiger partial charge in [0.2, 0.25) is 5.95 Å². The third-order valence-corrected chi connectivity index (χ3v) is 6.33. The molecule has 7 nitrogen and oxygen atoms in total. The van der Waals surface area contributed by atoms with E-state index in [-0.39, 0.29) is 18.0 Å². The maximum Gasteiger partial charge on any atom is 0.258 e. The van der Waals surface area contributed by atoms with Gasteiger partial charge in [-0.1, -0.05) is 53.5 Å². The number of aromatic nitrogens is 2. The van der Waals surface area contributed by atoms with Crippen LogP contribution in [0.3, 0.4) is 0 Å². The summed E-state index contributed by atoms with van der Waals surface area (Å²) < 4.78 is 6.80. The van der Waals surface area contributed by atoms with E-state index in [0.29, 0.717) is 65.5 Å². The molecule has 9 heteroatoms. The second-order valence-electron chi connectivity index (χ2n) is 7.75. The molecule has 172 valence electrons. The number of carbonyl (C=O) groups is 1. The molecule has 3 aromatic rings. The Kier molecular flexibility index (Phi) is 7.33. The number of ether oxygens (including phenoxy) is 1. The average Bonchev–Trinajstić information content (AvgIpc) is 2.84. The third-order valence-electron chi connectivity index (χ3n) is 5.59. The van der Waals surface area contributed by atoms with Gasteiger partial charge in [0.15, 0.2) is 0 Å². The highest BCUT2D eigenvalue weighted by Gasteiger charge is 2.27. The van der Waals surface area contributed by atoms with Crippen molar-refractivity contribution in [3.8, 4) is 0 Å². The zero-order valence-electron chi connectivity index (χ0n) is 18.2. The van der Waals surface area contributed by atoms with Gasteiger partial charge >= 0.3 is 0 Å². The van der Waals surface area contributed by atoms with Crippen LogP contribution in [0.1, 0.15) is 27.2 Å². The summed E-state index contributed by atoms with van der Waals surface area (Å²) in [7, 11) is 1.60. The van der Waals surface area contributed by atoms with Crippen LogP contribution in [-0.2, 0) is 30.8 Å². The molecular weight excluding hydrogens is 463 g/mol. The Balaban J connectivity index is 1.62. The number of methoxy groups -OCH3 is 1. The highest BCUT2D eigenvalue weighted by molar-refractivity contribution is 6.42. The van der Waals surface area contributed by atoms with Crippen LogP contribution < -0.4 is 10.9 Å². The van der Waals surface area contributed by atoms with E-state index in [1.807, 2.05) is 30.3 Å². The lowest BCUT2D eigenvalue weighted by Gasteiger charge is -2.29. The molecule has 1 aromatic heterocycles. The summed E-state index contributed by atoms with van der Waals surface area (Å²) in [5.41, 5.74) is 2.65. The van der Waals surface area contributed by atoms with Gasteiger partial charge in [-0.05, 0) is 30.2 Å². The minimum absolute atomic E-state index is 0.103. The first-order chi connectivity index (χ1) is 16.0. The van der Waals surface area contributed by atoms with Gasteiger partial charge in [0.1, 0.15) is 0 Å². The van der Waals surface area contributed by atoms with Crippen LogP contribution in [0.5, 0.6) is 0 Å². The number of amides is 1. The number of rotatable bonds is 7. The molecule has 2 heterocycles. The van der Waals surface area contributed by atoms with E-state index in [1.165, 1.54) is 0 Å². The minimum atomic E-state index is -0.177. The minimum Gasteiger partial charge on any atom is -0.383 e. The second kappa shape index (κ2) is 10.4. The van der Waals surface area contributed by atoms with Crippen LogP contribution in [0.15, 0.2) is 53.3 Å². The lowest BCUT2D eigenvalue weighted by molar-refractivity contribution is 0.0731. The summed E-state index contributed by atoms with van der Waals surface area (Å²) in [4.78, 5) is 32.7. The molecule has 0 radical (unpaired) electrons. The first-order valence-electron chi connectivity index (χ1n) is 10.6. The molecule has 0 atom stereocenters. The SMILES string of the molecule is COCCn1c(NCc2ccccc2)nc2c(c1=O)CCN(C(=O)c1ccc(Cl)c(Cl)c1)C2. The smallest absolute Gasteiger partial charge is 0.258 e. The van der Waals surface area contributed by atoms with E-state index in [4.69, 9.17) is 32.9 Å². The van der Waals surface area contributed by atoms with Crippen LogP contribution in [0, 0.1) is 0 Å². The quantitative estimate of drug-likeness (QED) is 0.545. The molecule has 0 spiro atoms. The van der Waals surface area contributed by atoms with Gasteiger partial charge in [-0.15, -0.1) is 0 Å². The Labute approximate surface area is 201 Å². The standard InChI is InChI=1S/C24H24Cl2N4O3/c1-33-12-11-30-23(32)18-9-10-29(22(31)17-7-8-19(25)20(26)13-17)15-21(18)28-24(30)27-14-16-5-3-2-4-6-16/h2-8,13H,9-12,14-15H2,1H3,(H,27,28). The zero-order chi connectivity index (χ0) is 23.4. The number of anilines is 1. The van der Waals surface area contributed by atoms with Crippen LogP contribution in [0.4, 0.5) is 5.95 Å². The molecule has 0 unspecified atom stereocenters. The van der Waals surface area contributed by atoms with E-state index in [1.54, 1.807) is 34.8 Å². The fraction of sp³-hybridized carbons (Fsp3) is 0.292. The summed E-state index contributed by atoms with van der Waals surface area (Å²) in [6, 6.07) is 14.7. The largest absolute Gasteiger partial charge is 0.383 e. The van der Waals surface area contributed by atoms with Crippen molar-refractivity contribution in [3.63, 3.8) is 0 Å². The van der Waals surface area contributed by atoms with Crippen molar-refractivity contribution >= 4 is 35.1 Å². The van der Waals surface area contributed by atoms with E-state index in [2.05, 4.69) is 5.32 Å². The predicted molar refractivity (Wildman–Crippen MR) is 129 cm³/mol. The van der Waals surface area contributed by atoms with Gasteiger partial charge in [-0.25, -0.2) is 4.98 Å². The summed E-state index contributed by atoms with van der Waals surface area (Å²) in [5, 5.41) is 4.00. The van der Waals surface area contributed by atoms with Crippen molar-refractivity contribution in [2.24, 2.45) is 0 Å². The van der Waals surface area contributed by atoms with Gasteiger partial charge < -0.3 is 15.0 Å². The Morgan fingerprint density at radius 2 is 1.94 bits per heavy atom. The van der Waals surface area contributed by atoms with Gasteiger partial charge in [0.05, 0.1) is 35.4 Å².